The van der Waals surface area contributed by atoms with Gasteiger partial charge in [-0.15, -0.1) is 0 Å². The molecule has 0 amide bonds. The van der Waals surface area contributed by atoms with E-state index < -0.39 is 5.97 Å². The molecule has 2 N–H and O–H groups in total. The topological polar surface area (TPSA) is 75.2 Å². The third-order valence-electron chi connectivity index (χ3n) is 2.36. The van der Waals surface area contributed by atoms with E-state index in [1.165, 1.54) is 6.07 Å². The maximum absolute atomic E-state index is 10.9. The van der Waals surface area contributed by atoms with Gasteiger partial charge >= 0.3 is 5.97 Å². The Kier molecular flexibility index (Phi) is 3.38. The van der Waals surface area contributed by atoms with Crippen molar-refractivity contribution in [1.82, 2.24) is 9.97 Å². The van der Waals surface area contributed by atoms with E-state index in [1.807, 2.05) is 0 Å². The second-order valence-electron chi connectivity index (χ2n) is 3.52. The minimum Gasteiger partial charge on any atom is -0.497 e. The molecule has 0 aliphatic heterocycles. The predicted molar refractivity (Wildman–Crippen MR) is 68.4 cm³/mol. The third kappa shape index (κ3) is 2.54. The molecule has 0 radical (unpaired) electrons. The van der Waals surface area contributed by atoms with E-state index in [-0.39, 0.29) is 10.5 Å². The summed E-state index contributed by atoms with van der Waals surface area (Å²) in [6.45, 7) is 0. The minimum atomic E-state index is -1.07. The molecule has 5 nitrogen and oxygen atoms in total. The van der Waals surface area contributed by atoms with Crippen LogP contribution < -0.4 is 4.74 Å². The summed E-state index contributed by atoms with van der Waals surface area (Å²) in [5.74, 6) is -0.350. The number of hydrogen-bond donors (Lipinski definition) is 2. The van der Waals surface area contributed by atoms with Gasteiger partial charge in [-0.1, -0.05) is 0 Å². The number of benzene rings is 1. The lowest BCUT2D eigenvalue weighted by Crippen LogP contribution is -2.02. The monoisotopic (exact) mass is 262 g/mol. The number of rotatable bonds is 3. The normalized spacial score (nSPS) is 10.1. The number of H-pyrrole nitrogens is 1. The lowest BCUT2D eigenvalue weighted by atomic mass is 10.1. The van der Waals surface area contributed by atoms with Crippen molar-refractivity contribution in [2.24, 2.45) is 0 Å². The Bertz CT molecular complexity index is 635. The number of nitrogens with one attached hydrogen (secondary N) is 1. The number of aromatic carboxylic acids is 1. The highest BCUT2D eigenvalue weighted by Gasteiger charge is 2.07. The zero-order valence-electron chi connectivity index (χ0n) is 9.51. The molecule has 6 heteroatoms. The summed E-state index contributed by atoms with van der Waals surface area (Å²) in [6.07, 6.45) is 0. The van der Waals surface area contributed by atoms with E-state index in [4.69, 9.17) is 22.1 Å². The Balaban J connectivity index is 2.49. The summed E-state index contributed by atoms with van der Waals surface area (Å²) >= 11 is 4.90. The van der Waals surface area contributed by atoms with E-state index >= 15 is 0 Å². The molecular formula is C12H10N2O3S. The number of aromatic nitrogens is 2. The van der Waals surface area contributed by atoms with Gasteiger partial charge in [-0.2, -0.15) is 0 Å². The number of carboxylic acids is 1. The quantitative estimate of drug-likeness (QED) is 0.831. The summed E-state index contributed by atoms with van der Waals surface area (Å²) in [5.41, 5.74) is 1.30. The van der Waals surface area contributed by atoms with Gasteiger partial charge in [-0.05, 0) is 42.5 Å². The molecule has 2 rings (SSSR count). The standard InChI is InChI=1S/C12H10N2O3S/c1-17-8-4-2-7(3-5-8)9-6-10(11(15)16)14-12(18)13-9/h2-6H,1H3,(H,15,16)(H,13,14,18). The van der Waals surface area contributed by atoms with Gasteiger partial charge in [-0.3, -0.25) is 0 Å². The fraction of sp³-hybridized carbons (Fsp3) is 0.0833. The van der Waals surface area contributed by atoms with Gasteiger partial charge in [0.15, 0.2) is 4.77 Å². The van der Waals surface area contributed by atoms with Crippen molar-refractivity contribution in [2.45, 2.75) is 0 Å². The molecule has 1 heterocycles. The lowest BCUT2D eigenvalue weighted by molar-refractivity contribution is 0.0690. The number of ether oxygens (including phenoxy) is 1. The molecule has 18 heavy (non-hydrogen) atoms. The molecule has 0 aliphatic carbocycles. The van der Waals surface area contributed by atoms with E-state index in [9.17, 15) is 4.79 Å². The van der Waals surface area contributed by atoms with Crippen molar-refractivity contribution < 1.29 is 14.6 Å². The molecule has 0 bridgehead atoms. The number of nitrogens with zero attached hydrogens (tertiary/aromatic N) is 1. The SMILES string of the molecule is COc1ccc(-c2cc(C(=O)O)[nH]c(=S)n2)cc1. The molecule has 0 aliphatic rings. The van der Waals surface area contributed by atoms with Crippen LogP contribution in [0.3, 0.4) is 0 Å². The fourth-order valence-corrected chi connectivity index (χ4v) is 1.69. The average Bonchev–Trinajstić information content (AvgIpc) is 2.38. The number of aromatic amines is 1. The summed E-state index contributed by atoms with van der Waals surface area (Å²) < 4.78 is 5.19. The Morgan fingerprint density at radius 2 is 2.06 bits per heavy atom. The highest BCUT2D eigenvalue weighted by atomic mass is 32.1. The molecule has 0 saturated carbocycles. The van der Waals surface area contributed by atoms with Crippen LogP contribution in [0.25, 0.3) is 11.3 Å². The summed E-state index contributed by atoms with van der Waals surface area (Å²) in [4.78, 5) is 17.5. The van der Waals surface area contributed by atoms with Gasteiger partial charge in [-0.25, -0.2) is 9.78 Å². The highest BCUT2D eigenvalue weighted by molar-refractivity contribution is 7.71. The van der Waals surface area contributed by atoms with Crippen LogP contribution in [0.5, 0.6) is 5.75 Å². The first-order chi connectivity index (χ1) is 8.60. The maximum Gasteiger partial charge on any atom is 0.352 e. The molecule has 92 valence electrons. The van der Waals surface area contributed by atoms with Gasteiger partial charge in [0.05, 0.1) is 12.8 Å². The molecule has 1 aromatic heterocycles. The molecule has 0 atom stereocenters. The zero-order valence-corrected chi connectivity index (χ0v) is 10.3. The molecule has 0 fully saturated rings. The maximum atomic E-state index is 10.9. The van der Waals surface area contributed by atoms with Crippen molar-refractivity contribution in [3.05, 3.63) is 40.8 Å². The third-order valence-corrected chi connectivity index (χ3v) is 2.55. The Hall–Kier alpha value is -2.21. The van der Waals surface area contributed by atoms with Crippen LogP contribution in [0.2, 0.25) is 0 Å². The Morgan fingerprint density at radius 1 is 1.39 bits per heavy atom. The van der Waals surface area contributed by atoms with Gasteiger partial charge in [0.25, 0.3) is 0 Å². The van der Waals surface area contributed by atoms with Crippen molar-refractivity contribution in [1.29, 1.82) is 0 Å². The van der Waals surface area contributed by atoms with Crippen LogP contribution in [0.1, 0.15) is 10.5 Å². The van der Waals surface area contributed by atoms with Crippen LogP contribution in [0.15, 0.2) is 30.3 Å². The smallest absolute Gasteiger partial charge is 0.352 e. The van der Waals surface area contributed by atoms with Crippen molar-refractivity contribution in [3.8, 4) is 17.0 Å². The van der Waals surface area contributed by atoms with Crippen LogP contribution in [-0.2, 0) is 0 Å². The fourth-order valence-electron chi connectivity index (χ4n) is 1.48. The van der Waals surface area contributed by atoms with Gasteiger partial charge < -0.3 is 14.8 Å². The number of hydrogen-bond acceptors (Lipinski definition) is 4. The first kappa shape index (κ1) is 12.3. The van der Waals surface area contributed by atoms with E-state index in [2.05, 4.69) is 9.97 Å². The van der Waals surface area contributed by atoms with Crippen LogP contribution >= 0.6 is 12.2 Å². The van der Waals surface area contributed by atoms with Crippen LogP contribution in [-0.4, -0.2) is 28.2 Å². The second kappa shape index (κ2) is 4.97. The zero-order chi connectivity index (χ0) is 13.1. The number of carbonyl (C=O) groups is 1. The largest absolute Gasteiger partial charge is 0.497 e. The van der Waals surface area contributed by atoms with E-state index in [1.54, 1.807) is 31.4 Å². The number of methoxy groups -OCH3 is 1. The first-order valence-corrected chi connectivity index (χ1v) is 5.50. The average molecular weight is 262 g/mol. The molecule has 1 aromatic carbocycles. The Morgan fingerprint density at radius 3 is 2.61 bits per heavy atom. The van der Waals surface area contributed by atoms with Crippen molar-refractivity contribution in [3.63, 3.8) is 0 Å². The van der Waals surface area contributed by atoms with E-state index in [0.29, 0.717) is 5.69 Å². The van der Waals surface area contributed by atoms with Crippen LogP contribution in [0.4, 0.5) is 0 Å². The minimum absolute atomic E-state index is 0.0146. The van der Waals surface area contributed by atoms with E-state index in [0.717, 1.165) is 11.3 Å². The first-order valence-electron chi connectivity index (χ1n) is 5.09. The van der Waals surface area contributed by atoms with Gasteiger partial charge in [0, 0.05) is 5.56 Å². The van der Waals surface area contributed by atoms with Crippen LogP contribution in [0, 0.1) is 4.77 Å². The summed E-state index contributed by atoms with van der Waals surface area (Å²) in [5, 5.41) is 8.94. The number of carboxylic acid groups (broad SMARTS) is 1. The molecule has 0 saturated heterocycles. The summed E-state index contributed by atoms with van der Waals surface area (Å²) in [6, 6.07) is 8.58. The van der Waals surface area contributed by atoms with Crippen molar-refractivity contribution in [2.75, 3.05) is 7.11 Å². The highest BCUT2D eigenvalue weighted by Crippen LogP contribution is 2.20. The molecule has 2 aromatic rings. The molecule has 0 unspecified atom stereocenters. The lowest BCUT2D eigenvalue weighted by Gasteiger charge is -2.04. The molecular weight excluding hydrogens is 252 g/mol. The van der Waals surface area contributed by atoms with Crippen molar-refractivity contribution >= 4 is 18.2 Å². The predicted octanol–water partition coefficient (Wildman–Crippen LogP) is 2.51. The Labute approximate surface area is 108 Å². The molecule has 0 spiro atoms. The summed E-state index contributed by atoms with van der Waals surface area (Å²) in [7, 11) is 1.58. The van der Waals surface area contributed by atoms with Gasteiger partial charge in [0.1, 0.15) is 11.4 Å². The second-order valence-corrected chi connectivity index (χ2v) is 3.91. The van der Waals surface area contributed by atoms with Gasteiger partial charge in [0.2, 0.25) is 0 Å².